The van der Waals surface area contributed by atoms with Gasteiger partial charge in [-0.1, -0.05) is 173 Å². The molecular formula is C45H84O5. The van der Waals surface area contributed by atoms with Crippen molar-refractivity contribution in [3.05, 3.63) is 24.3 Å². The maximum absolute atomic E-state index is 12.6. The maximum Gasteiger partial charge on any atom is 0.306 e. The Morgan fingerprint density at radius 2 is 0.800 bits per heavy atom. The third-order valence-corrected chi connectivity index (χ3v) is 9.46. The summed E-state index contributed by atoms with van der Waals surface area (Å²) in [4.78, 5) is 25.1. The average Bonchev–Trinajstić information content (AvgIpc) is 3.11. The highest BCUT2D eigenvalue weighted by atomic mass is 16.6. The molecule has 0 heterocycles. The van der Waals surface area contributed by atoms with Crippen LogP contribution in [-0.4, -0.2) is 37.9 Å². The van der Waals surface area contributed by atoms with Gasteiger partial charge in [-0.3, -0.25) is 9.59 Å². The Kier molecular flexibility index (Phi) is 40.4. The van der Waals surface area contributed by atoms with Crippen LogP contribution in [0.4, 0.5) is 0 Å². The first-order valence-corrected chi connectivity index (χ1v) is 21.9. The molecule has 0 N–H and O–H groups in total. The summed E-state index contributed by atoms with van der Waals surface area (Å²) >= 11 is 0. The Morgan fingerprint density at radius 1 is 0.420 bits per heavy atom. The lowest BCUT2D eigenvalue weighted by atomic mass is 10.1. The molecular weight excluding hydrogens is 620 g/mol. The maximum atomic E-state index is 12.6. The molecule has 0 aromatic rings. The van der Waals surface area contributed by atoms with Crippen LogP contribution < -0.4 is 0 Å². The molecule has 0 bridgehead atoms. The summed E-state index contributed by atoms with van der Waals surface area (Å²) in [6.45, 7) is 7.76. The zero-order valence-electron chi connectivity index (χ0n) is 33.7. The molecule has 0 fully saturated rings. The van der Waals surface area contributed by atoms with Crippen LogP contribution in [0.2, 0.25) is 0 Å². The third kappa shape index (κ3) is 39.2. The van der Waals surface area contributed by atoms with Crippen molar-refractivity contribution >= 4 is 11.9 Å². The van der Waals surface area contributed by atoms with E-state index < -0.39 is 6.10 Å². The number of carbonyl (C=O) groups is 2. The molecule has 0 rings (SSSR count). The fourth-order valence-corrected chi connectivity index (χ4v) is 6.13. The predicted molar refractivity (Wildman–Crippen MR) is 215 cm³/mol. The molecule has 0 aromatic carbocycles. The van der Waals surface area contributed by atoms with Crippen LogP contribution >= 0.6 is 0 Å². The molecule has 50 heavy (non-hydrogen) atoms. The topological polar surface area (TPSA) is 61.8 Å². The molecule has 0 amide bonds. The van der Waals surface area contributed by atoms with Crippen molar-refractivity contribution in [3.8, 4) is 0 Å². The second kappa shape index (κ2) is 41.8. The zero-order valence-corrected chi connectivity index (χ0v) is 33.7. The highest BCUT2D eigenvalue weighted by Crippen LogP contribution is 2.13. The number of unbranched alkanes of at least 4 members (excludes halogenated alkanes) is 25. The molecule has 0 spiro atoms. The van der Waals surface area contributed by atoms with Gasteiger partial charge < -0.3 is 14.2 Å². The normalized spacial score (nSPS) is 12.3. The molecule has 0 aliphatic heterocycles. The van der Waals surface area contributed by atoms with Crippen LogP contribution in [0, 0.1) is 0 Å². The highest BCUT2D eigenvalue weighted by molar-refractivity contribution is 5.70. The number of esters is 2. The SMILES string of the molecule is CCCC/C=C\CCCCCCCCOCC(COC(=O)CCCCCCC/C=C\CCCCCC)OC(=O)CCCCCCCCCCC. The quantitative estimate of drug-likeness (QED) is 0.0361. The van der Waals surface area contributed by atoms with Crippen LogP contribution in [0.3, 0.4) is 0 Å². The van der Waals surface area contributed by atoms with Crippen LogP contribution in [0.5, 0.6) is 0 Å². The van der Waals surface area contributed by atoms with E-state index in [1.165, 1.54) is 141 Å². The van der Waals surface area contributed by atoms with Gasteiger partial charge in [0.15, 0.2) is 6.10 Å². The summed E-state index contributed by atoms with van der Waals surface area (Å²) in [6, 6.07) is 0. The number of allylic oxidation sites excluding steroid dienone is 4. The second-order valence-electron chi connectivity index (χ2n) is 14.6. The van der Waals surface area contributed by atoms with E-state index in [4.69, 9.17) is 14.2 Å². The first-order chi connectivity index (χ1) is 24.6. The van der Waals surface area contributed by atoms with E-state index in [2.05, 4.69) is 45.1 Å². The Hall–Kier alpha value is -1.62. The smallest absolute Gasteiger partial charge is 0.306 e. The van der Waals surface area contributed by atoms with E-state index >= 15 is 0 Å². The molecule has 0 saturated carbocycles. The van der Waals surface area contributed by atoms with Crippen molar-refractivity contribution in [2.24, 2.45) is 0 Å². The molecule has 1 unspecified atom stereocenters. The van der Waals surface area contributed by atoms with Gasteiger partial charge in [-0.25, -0.2) is 0 Å². The van der Waals surface area contributed by atoms with Crippen molar-refractivity contribution in [3.63, 3.8) is 0 Å². The minimum atomic E-state index is -0.532. The average molecular weight is 705 g/mol. The number of carbonyl (C=O) groups excluding carboxylic acids is 2. The monoisotopic (exact) mass is 705 g/mol. The highest BCUT2D eigenvalue weighted by Gasteiger charge is 2.17. The van der Waals surface area contributed by atoms with Gasteiger partial charge in [0.05, 0.1) is 6.61 Å². The van der Waals surface area contributed by atoms with Crippen LogP contribution in [0.25, 0.3) is 0 Å². The van der Waals surface area contributed by atoms with E-state index in [0.717, 1.165) is 51.4 Å². The molecule has 1 atom stereocenters. The van der Waals surface area contributed by atoms with Crippen molar-refractivity contribution in [2.75, 3.05) is 19.8 Å². The van der Waals surface area contributed by atoms with Crippen LogP contribution in [0.15, 0.2) is 24.3 Å². The number of hydrogen-bond acceptors (Lipinski definition) is 5. The third-order valence-electron chi connectivity index (χ3n) is 9.46. The number of rotatable bonds is 40. The summed E-state index contributed by atoms with van der Waals surface area (Å²) in [7, 11) is 0. The van der Waals surface area contributed by atoms with E-state index in [-0.39, 0.29) is 25.2 Å². The summed E-state index contributed by atoms with van der Waals surface area (Å²) in [6.07, 6.45) is 46.0. The van der Waals surface area contributed by atoms with Crippen LogP contribution in [-0.2, 0) is 23.8 Å². The van der Waals surface area contributed by atoms with Gasteiger partial charge in [0.1, 0.15) is 6.61 Å². The van der Waals surface area contributed by atoms with E-state index in [0.29, 0.717) is 19.4 Å². The lowest BCUT2D eigenvalue weighted by Crippen LogP contribution is -2.30. The first kappa shape index (κ1) is 48.4. The number of ether oxygens (including phenoxy) is 3. The minimum absolute atomic E-state index is 0.0833. The van der Waals surface area contributed by atoms with Crippen molar-refractivity contribution in [2.45, 2.75) is 232 Å². The summed E-state index contributed by atoms with van der Waals surface area (Å²) in [5.74, 6) is -0.406. The lowest BCUT2D eigenvalue weighted by molar-refractivity contribution is -0.163. The van der Waals surface area contributed by atoms with Gasteiger partial charge in [-0.2, -0.15) is 0 Å². The summed E-state index contributed by atoms with van der Waals surface area (Å²) in [5, 5.41) is 0. The van der Waals surface area contributed by atoms with Crippen LogP contribution in [0.1, 0.15) is 226 Å². The Morgan fingerprint density at radius 3 is 1.30 bits per heavy atom. The largest absolute Gasteiger partial charge is 0.462 e. The molecule has 5 heteroatoms. The van der Waals surface area contributed by atoms with Gasteiger partial charge in [-0.05, 0) is 64.2 Å². The Balaban J connectivity index is 4.22. The fraction of sp³-hybridized carbons (Fsp3) is 0.867. The van der Waals surface area contributed by atoms with Gasteiger partial charge in [0, 0.05) is 19.4 Å². The standard InChI is InChI=1S/C45H84O5/c1-4-7-10-13-16-19-21-23-24-27-29-32-35-38-44(46)49-42-43(50-45(47)39-36-33-30-26-18-15-12-9-6-3)41-48-40-37-34-31-28-25-22-20-17-14-11-8-5-2/h14,17,19,21,43H,4-13,15-16,18,20,22-42H2,1-3H3/b17-14-,21-19-. The van der Waals surface area contributed by atoms with E-state index in [1.54, 1.807) is 0 Å². The minimum Gasteiger partial charge on any atom is -0.462 e. The summed E-state index contributed by atoms with van der Waals surface area (Å²) < 4.78 is 17.2. The van der Waals surface area contributed by atoms with E-state index in [9.17, 15) is 9.59 Å². The zero-order chi connectivity index (χ0) is 36.4. The molecule has 294 valence electrons. The van der Waals surface area contributed by atoms with Gasteiger partial charge >= 0.3 is 11.9 Å². The number of hydrogen-bond donors (Lipinski definition) is 0. The molecule has 0 aliphatic rings. The van der Waals surface area contributed by atoms with E-state index in [1.807, 2.05) is 0 Å². The fourth-order valence-electron chi connectivity index (χ4n) is 6.13. The van der Waals surface area contributed by atoms with Gasteiger partial charge in [-0.15, -0.1) is 0 Å². The molecule has 0 aliphatic carbocycles. The van der Waals surface area contributed by atoms with Gasteiger partial charge in [0.2, 0.25) is 0 Å². The predicted octanol–water partition coefficient (Wildman–Crippen LogP) is 14.1. The molecule has 0 saturated heterocycles. The van der Waals surface area contributed by atoms with Crippen molar-refractivity contribution < 1.29 is 23.8 Å². The second-order valence-corrected chi connectivity index (χ2v) is 14.6. The Bertz CT molecular complexity index is 761. The van der Waals surface area contributed by atoms with Gasteiger partial charge in [0.25, 0.3) is 0 Å². The molecule has 5 nitrogen and oxygen atoms in total. The molecule has 0 aromatic heterocycles. The van der Waals surface area contributed by atoms with Crippen molar-refractivity contribution in [1.82, 2.24) is 0 Å². The molecule has 0 radical (unpaired) electrons. The lowest BCUT2D eigenvalue weighted by Gasteiger charge is -2.18. The summed E-state index contributed by atoms with van der Waals surface area (Å²) in [5.41, 5.74) is 0. The van der Waals surface area contributed by atoms with Crippen molar-refractivity contribution in [1.29, 1.82) is 0 Å². The first-order valence-electron chi connectivity index (χ1n) is 21.9. The Labute approximate surface area is 311 Å².